The third-order valence-electron chi connectivity index (χ3n) is 6.74. The number of nitrogens with one attached hydrogen (secondary N) is 1. The average molecular weight is 535 g/mol. The minimum Gasteiger partial charge on any atom is -0.479 e. The molecule has 206 valence electrons. The highest BCUT2D eigenvalue weighted by atomic mass is 19.4. The van der Waals surface area contributed by atoms with Crippen LogP contribution in [0.1, 0.15) is 64.1 Å². The quantitative estimate of drug-likeness (QED) is 0.471. The monoisotopic (exact) mass is 534 g/mol. The number of methoxy groups -OCH3 is 1. The van der Waals surface area contributed by atoms with Crippen molar-refractivity contribution in [1.29, 1.82) is 0 Å². The molecule has 0 spiro atoms. The lowest BCUT2D eigenvalue weighted by Gasteiger charge is -2.30. The molecule has 1 aliphatic rings. The van der Waals surface area contributed by atoms with Crippen molar-refractivity contribution in [1.82, 2.24) is 29.8 Å². The highest BCUT2D eigenvalue weighted by molar-refractivity contribution is 5.75. The number of ether oxygens (including phenoxy) is 2. The minimum atomic E-state index is -4.29. The number of urea groups is 1. The Balaban J connectivity index is 1.72. The SMILES string of the molecule is CCN1C(=O)N[C@@H](CCC(F)(F)F)CCCCCOc2cc(cc3ccnn23)-c2nc(cnc2OC)C1C. The van der Waals surface area contributed by atoms with E-state index in [1.54, 1.807) is 21.8 Å². The maximum atomic E-state index is 13.2. The molecule has 4 heterocycles. The molecular formula is C26H33F3N6O3. The summed E-state index contributed by atoms with van der Waals surface area (Å²) in [5, 5.41) is 7.19. The van der Waals surface area contributed by atoms with Gasteiger partial charge in [0.1, 0.15) is 5.69 Å². The Kier molecular flexibility index (Phi) is 8.58. The van der Waals surface area contributed by atoms with E-state index in [2.05, 4.69) is 15.4 Å². The van der Waals surface area contributed by atoms with Crippen LogP contribution in [0.5, 0.6) is 11.8 Å². The standard InChI is InChI=1S/C26H33F3N6O3/c1-4-34-17(2)21-16-30-24(37-3)23(33-21)18-14-20-10-12-31-35(20)22(15-18)38-13-7-5-6-8-19(32-25(34)36)9-11-26(27,28)29/h10,12,14-17,19H,4-9,11,13H2,1-3H3,(H,32,36)/t17?,19-/m1/s1. The van der Waals surface area contributed by atoms with E-state index < -0.39 is 30.7 Å². The first-order valence-corrected chi connectivity index (χ1v) is 12.9. The molecule has 4 rings (SSSR count). The number of aromatic nitrogens is 4. The lowest BCUT2D eigenvalue weighted by atomic mass is 10.0. The number of fused-ring (bicyclic) bond motifs is 7. The van der Waals surface area contributed by atoms with Crippen LogP contribution in [0.15, 0.2) is 30.6 Å². The Bertz CT molecular complexity index is 1250. The van der Waals surface area contributed by atoms with Gasteiger partial charge < -0.3 is 19.7 Å². The number of hydrogen-bond acceptors (Lipinski definition) is 6. The number of carbonyl (C=O) groups is 1. The Hall–Kier alpha value is -3.57. The summed E-state index contributed by atoms with van der Waals surface area (Å²) >= 11 is 0. The van der Waals surface area contributed by atoms with Crippen LogP contribution in [-0.2, 0) is 0 Å². The zero-order valence-corrected chi connectivity index (χ0v) is 21.8. The second kappa shape index (κ2) is 11.9. The van der Waals surface area contributed by atoms with Crippen molar-refractivity contribution in [3.63, 3.8) is 0 Å². The molecule has 2 atom stereocenters. The fourth-order valence-electron chi connectivity index (χ4n) is 4.66. The molecule has 0 saturated carbocycles. The van der Waals surface area contributed by atoms with Gasteiger partial charge >= 0.3 is 12.2 Å². The summed E-state index contributed by atoms with van der Waals surface area (Å²) in [5.74, 6) is 0.845. The molecule has 3 aromatic heterocycles. The molecule has 0 aromatic carbocycles. The van der Waals surface area contributed by atoms with Crippen LogP contribution in [-0.4, -0.2) is 63.0 Å². The highest BCUT2D eigenvalue weighted by Gasteiger charge is 2.30. The molecule has 0 aliphatic carbocycles. The number of carbonyl (C=O) groups excluding carboxylic acids is 1. The van der Waals surface area contributed by atoms with Crippen LogP contribution in [0, 0.1) is 0 Å². The van der Waals surface area contributed by atoms with E-state index in [9.17, 15) is 18.0 Å². The van der Waals surface area contributed by atoms with Crippen molar-refractivity contribution in [2.45, 2.75) is 70.6 Å². The van der Waals surface area contributed by atoms with Crippen LogP contribution >= 0.6 is 0 Å². The Morgan fingerprint density at radius 3 is 2.79 bits per heavy atom. The van der Waals surface area contributed by atoms with Crippen LogP contribution in [0.25, 0.3) is 16.8 Å². The third kappa shape index (κ3) is 6.46. The summed E-state index contributed by atoms with van der Waals surface area (Å²) < 4.78 is 52.2. The molecule has 1 aliphatic heterocycles. The summed E-state index contributed by atoms with van der Waals surface area (Å²) in [4.78, 5) is 24.1. The molecule has 12 heteroatoms. The summed E-state index contributed by atoms with van der Waals surface area (Å²) in [5.41, 5.74) is 2.52. The first-order chi connectivity index (χ1) is 18.2. The topological polar surface area (TPSA) is 93.9 Å². The summed E-state index contributed by atoms with van der Waals surface area (Å²) in [6.45, 7) is 4.37. The number of hydrogen-bond donors (Lipinski definition) is 1. The summed E-state index contributed by atoms with van der Waals surface area (Å²) in [7, 11) is 1.51. The molecule has 1 unspecified atom stereocenters. The predicted octanol–water partition coefficient (Wildman–Crippen LogP) is 5.56. The highest BCUT2D eigenvalue weighted by Crippen LogP contribution is 2.32. The van der Waals surface area contributed by atoms with Gasteiger partial charge in [-0.15, -0.1) is 0 Å². The van der Waals surface area contributed by atoms with Crippen LogP contribution in [0.2, 0.25) is 0 Å². The number of rotatable bonds is 4. The van der Waals surface area contributed by atoms with E-state index in [0.29, 0.717) is 55.6 Å². The fourth-order valence-corrected chi connectivity index (χ4v) is 4.66. The largest absolute Gasteiger partial charge is 0.479 e. The molecule has 38 heavy (non-hydrogen) atoms. The van der Waals surface area contributed by atoms with E-state index in [1.165, 1.54) is 7.11 Å². The first-order valence-electron chi connectivity index (χ1n) is 12.9. The molecule has 0 saturated heterocycles. The molecule has 4 bridgehead atoms. The van der Waals surface area contributed by atoms with Crippen molar-refractivity contribution in [3.05, 3.63) is 36.3 Å². The second-order valence-corrected chi connectivity index (χ2v) is 9.36. The van der Waals surface area contributed by atoms with Gasteiger partial charge in [0.05, 0.1) is 43.4 Å². The van der Waals surface area contributed by atoms with Gasteiger partial charge in [-0.3, -0.25) is 0 Å². The fraction of sp³-hybridized carbons (Fsp3) is 0.538. The second-order valence-electron chi connectivity index (χ2n) is 9.36. The number of alkyl halides is 3. The average Bonchev–Trinajstić information content (AvgIpc) is 3.37. The van der Waals surface area contributed by atoms with Crippen LogP contribution in [0.4, 0.5) is 18.0 Å². The van der Waals surface area contributed by atoms with Gasteiger partial charge in [-0.2, -0.15) is 18.3 Å². The summed E-state index contributed by atoms with van der Waals surface area (Å²) in [6, 6.07) is 4.07. The summed E-state index contributed by atoms with van der Waals surface area (Å²) in [6.07, 6.45) is 0.361. The van der Waals surface area contributed by atoms with Gasteiger partial charge in [-0.05, 0) is 51.7 Å². The first kappa shape index (κ1) is 27.5. The molecule has 9 nitrogen and oxygen atoms in total. The number of amides is 2. The number of pyridine rings is 1. The Labute approximate surface area is 219 Å². The molecule has 0 fully saturated rings. The van der Waals surface area contributed by atoms with Crippen LogP contribution in [0.3, 0.4) is 0 Å². The van der Waals surface area contributed by atoms with E-state index in [1.807, 2.05) is 32.0 Å². The van der Waals surface area contributed by atoms with Crippen molar-refractivity contribution >= 4 is 11.5 Å². The molecular weight excluding hydrogens is 501 g/mol. The van der Waals surface area contributed by atoms with E-state index in [0.717, 1.165) is 17.5 Å². The van der Waals surface area contributed by atoms with Gasteiger partial charge in [0.2, 0.25) is 11.8 Å². The van der Waals surface area contributed by atoms with Gasteiger partial charge in [-0.25, -0.2) is 19.3 Å². The lowest BCUT2D eigenvalue weighted by Crippen LogP contribution is -2.46. The smallest absolute Gasteiger partial charge is 0.389 e. The van der Waals surface area contributed by atoms with Crippen molar-refractivity contribution < 1.29 is 27.4 Å². The molecule has 1 N–H and O–H groups in total. The van der Waals surface area contributed by atoms with E-state index in [-0.39, 0.29) is 6.42 Å². The molecule has 3 aromatic rings. The zero-order chi connectivity index (χ0) is 27.3. The van der Waals surface area contributed by atoms with Gasteiger partial charge in [-0.1, -0.05) is 6.42 Å². The number of nitrogens with zero attached hydrogens (tertiary/aromatic N) is 5. The van der Waals surface area contributed by atoms with Crippen molar-refractivity contribution in [2.75, 3.05) is 20.3 Å². The Morgan fingerprint density at radius 2 is 2.05 bits per heavy atom. The maximum absolute atomic E-state index is 13.2. The van der Waals surface area contributed by atoms with Gasteiger partial charge in [0, 0.05) is 30.6 Å². The normalized spacial score (nSPS) is 19.5. The third-order valence-corrected chi connectivity index (χ3v) is 6.74. The van der Waals surface area contributed by atoms with E-state index in [4.69, 9.17) is 14.5 Å². The minimum absolute atomic E-state index is 0.173. The predicted molar refractivity (Wildman–Crippen MR) is 135 cm³/mol. The number of halogens is 3. The maximum Gasteiger partial charge on any atom is 0.389 e. The zero-order valence-electron chi connectivity index (χ0n) is 21.8. The van der Waals surface area contributed by atoms with Crippen molar-refractivity contribution in [3.8, 4) is 23.0 Å². The van der Waals surface area contributed by atoms with Gasteiger partial charge in [0.15, 0.2) is 0 Å². The molecule has 0 radical (unpaired) electrons. The lowest BCUT2D eigenvalue weighted by molar-refractivity contribution is -0.136. The van der Waals surface area contributed by atoms with Crippen LogP contribution < -0.4 is 14.8 Å². The molecule has 2 amide bonds. The van der Waals surface area contributed by atoms with E-state index >= 15 is 0 Å². The van der Waals surface area contributed by atoms with Gasteiger partial charge in [0.25, 0.3) is 0 Å². The van der Waals surface area contributed by atoms with Crippen molar-refractivity contribution in [2.24, 2.45) is 0 Å². The Morgan fingerprint density at radius 1 is 1.24 bits per heavy atom.